The zero-order valence-electron chi connectivity index (χ0n) is 14.2. The van der Waals surface area contributed by atoms with Gasteiger partial charge in [0, 0.05) is 6.08 Å². The van der Waals surface area contributed by atoms with Crippen molar-refractivity contribution in [1.82, 2.24) is 0 Å². The van der Waals surface area contributed by atoms with E-state index in [0.717, 1.165) is 5.92 Å². The summed E-state index contributed by atoms with van der Waals surface area (Å²) in [6.45, 7) is 6.95. The first-order valence-corrected chi connectivity index (χ1v) is 8.49. The van der Waals surface area contributed by atoms with Gasteiger partial charge < -0.3 is 9.47 Å². The van der Waals surface area contributed by atoms with E-state index in [4.69, 9.17) is 4.74 Å². The molecule has 0 N–H and O–H groups in total. The number of hydrogen-bond donors (Lipinski definition) is 0. The highest BCUT2D eigenvalue weighted by molar-refractivity contribution is 5.82. The molecule has 1 aliphatic heterocycles. The van der Waals surface area contributed by atoms with E-state index in [1.54, 1.807) is 0 Å². The fourth-order valence-electron chi connectivity index (χ4n) is 4.81. The van der Waals surface area contributed by atoms with Gasteiger partial charge in [-0.05, 0) is 63.2 Å². The molecule has 1 saturated heterocycles. The molecule has 0 amide bonds. The number of epoxide rings is 1. The van der Waals surface area contributed by atoms with Crippen LogP contribution in [0.2, 0.25) is 0 Å². The topological polar surface area (TPSA) is 38.8 Å². The second kappa shape index (κ2) is 5.52. The Morgan fingerprint density at radius 1 is 1.27 bits per heavy atom. The van der Waals surface area contributed by atoms with Gasteiger partial charge in [0.25, 0.3) is 0 Å². The lowest BCUT2D eigenvalue weighted by Gasteiger charge is -2.33. The summed E-state index contributed by atoms with van der Waals surface area (Å²) in [5.74, 6) is 1.11. The fourth-order valence-corrected chi connectivity index (χ4v) is 4.81. The lowest BCUT2D eigenvalue weighted by Crippen LogP contribution is -2.26. The number of carbonyl (C=O) groups excluding carboxylic acids is 1. The van der Waals surface area contributed by atoms with Crippen LogP contribution >= 0.6 is 0 Å². The zero-order chi connectivity index (χ0) is 16.0. The Kier molecular flexibility index (Phi) is 3.96. The third-order valence-corrected chi connectivity index (χ3v) is 6.42. The van der Waals surface area contributed by atoms with Crippen molar-refractivity contribution in [2.24, 2.45) is 17.3 Å². The quantitative estimate of drug-likeness (QED) is 0.342. The maximum atomic E-state index is 11.2. The van der Waals surface area contributed by atoms with Gasteiger partial charge in [-0.1, -0.05) is 24.6 Å². The van der Waals surface area contributed by atoms with E-state index >= 15 is 0 Å². The third-order valence-electron chi connectivity index (χ3n) is 6.42. The van der Waals surface area contributed by atoms with Crippen molar-refractivity contribution in [2.45, 2.75) is 64.6 Å². The van der Waals surface area contributed by atoms with Crippen molar-refractivity contribution in [3.63, 3.8) is 0 Å². The van der Waals surface area contributed by atoms with Crippen LogP contribution in [-0.4, -0.2) is 24.8 Å². The maximum absolute atomic E-state index is 11.2. The summed E-state index contributed by atoms with van der Waals surface area (Å²) in [5, 5.41) is 0. The van der Waals surface area contributed by atoms with E-state index in [1.165, 1.54) is 50.9 Å². The Morgan fingerprint density at radius 2 is 2.05 bits per heavy atom. The molecule has 3 heteroatoms. The molecule has 2 aliphatic carbocycles. The molecule has 3 fully saturated rings. The number of rotatable bonds is 3. The monoisotopic (exact) mass is 304 g/mol. The van der Waals surface area contributed by atoms with Gasteiger partial charge in [0.15, 0.2) is 0 Å². The molecule has 0 aromatic heterocycles. The van der Waals surface area contributed by atoms with Gasteiger partial charge in [0.1, 0.15) is 0 Å². The molecule has 0 aromatic carbocycles. The molecule has 122 valence electrons. The van der Waals surface area contributed by atoms with Crippen molar-refractivity contribution in [3.8, 4) is 0 Å². The highest BCUT2D eigenvalue weighted by Crippen LogP contribution is 2.61. The molecular formula is C19H28O3. The number of allylic oxidation sites excluding steroid dienone is 3. The van der Waals surface area contributed by atoms with Gasteiger partial charge in [0.2, 0.25) is 0 Å². The Hall–Kier alpha value is -1.09. The maximum Gasteiger partial charge on any atom is 0.330 e. The number of fused-ring (bicyclic) bond motifs is 2. The lowest BCUT2D eigenvalue weighted by molar-refractivity contribution is -0.134. The fraction of sp³-hybridized carbons (Fsp3) is 0.737. The molecule has 22 heavy (non-hydrogen) atoms. The molecule has 0 radical (unpaired) electrons. The van der Waals surface area contributed by atoms with Crippen LogP contribution < -0.4 is 0 Å². The second-order valence-electron chi connectivity index (χ2n) is 7.86. The summed E-state index contributed by atoms with van der Waals surface area (Å²) in [6, 6.07) is 0. The normalized spacial score (nSPS) is 44.4. The molecule has 5 atom stereocenters. The van der Waals surface area contributed by atoms with E-state index < -0.39 is 0 Å². The number of esters is 1. The van der Waals surface area contributed by atoms with Gasteiger partial charge in [-0.15, -0.1) is 0 Å². The van der Waals surface area contributed by atoms with Crippen molar-refractivity contribution in [2.75, 3.05) is 7.11 Å². The minimum absolute atomic E-state index is 0.167. The van der Waals surface area contributed by atoms with Crippen LogP contribution in [0.3, 0.4) is 0 Å². The summed E-state index contributed by atoms with van der Waals surface area (Å²) in [6.07, 6.45) is 12.1. The van der Waals surface area contributed by atoms with Gasteiger partial charge in [-0.25, -0.2) is 4.79 Å². The Balaban J connectivity index is 1.72. The second-order valence-corrected chi connectivity index (χ2v) is 7.86. The third kappa shape index (κ3) is 2.76. The Bertz CT molecular complexity index is 521. The number of carbonyl (C=O) groups is 1. The van der Waals surface area contributed by atoms with E-state index in [9.17, 15) is 4.79 Å². The lowest BCUT2D eigenvalue weighted by atomic mass is 9.72. The van der Waals surface area contributed by atoms with Crippen molar-refractivity contribution >= 4 is 5.97 Å². The first kappa shape index (κ1) is 15.8. The Labute approximate surface area is 133 Å². The molecule has 0 bridgehead atoms. The molecule has 0 spiro atoms. The summed E-state index contributed by atoms with van der Waals surface area (Å²) < 4.78 is 10.6. The molecular weight excluding hydrogens is 276 g/mol. The highest BCUT2D eigenvalue weighted by Gasteiger charge is 2.60. The van der Waals surface area contributed by atoms with E-state index in [2.05, 4.69) is 31.6 Å². The van der Waals surface area contributed by atoms with E-state index in [0.29, 0.717) is 17.4 Å². The van der Waals surface area contributed by atoms with Crippen LogP contribution in [-0.2, 0) is 14.3 Å². The van der Waals surface area contributed by atoms with Crippen LogP contribution in [0, 0.1) is 17.3 Å². The first-order valence-electron chi connectivity index (χ1n) is 8.49. The van der Waals surface area contributed by atoms with Crippen molar-refractivity contribution in [1.29, 1.82) is 0 Å². The number of methoxy groups -OCH3 is 1. The number of ether oxygens (including phenoxy) is 2. The average Bonchev–Trinajstić information content (AvgIpc) is 3.00. The van der Waals surface area contributed by atoms with Gasteiger partial charge in [-0.2, -0.15) is 0 Å². The van der Waals surface area contributed by atoms with Crippen LogP contribution in [0.4, 0.5) is 0 Å². The minimum atomic E-state index is -0.292. The predicted molar refractivity (Wildman–Crippen MR) is 86.4 cm³/mol. The van der Waals surface area contributed by atoms with Gasteiger partial charge >= 0.3 is 5.97 Å². The largest absolute Gasteiger partial charge is 0.466 e. The summed E-state index contributed by atoms with van der Waals surface area (Å²) in [5.41, 5.74) is 1.99. The van der Waals surface area contributed by atoms with E-state index in [-0.39, 0.29) is 11.6 Å². The Morgan fingerprint density at radius 3 is 2.77 bits per heavy atom. The molecule has 1 heterocycles. The highest BCUT2D eigenvalue weighted by atomic mass is 16.6. The number of hydrogen-bond acceptors (Lipinski definition) is 3. The SMILES string of the molecule is COC(=O)/C=C/C=C(\C)[C@H]1CC[C@@]2(C)C[C@H]3O[C@@]3(C)CC[C@H]12. The molecule has 2 saturated carbocycles. The molecule has 0 unspecified atom stereocenters. The van der Waals surface area contributed by atoms with Crippen molar-refractivity contribution < 1.29 is 14.3 Å². The van der Waals surface area contributed by atoms with Gasteiger partial charge in [0.05, 0.1) is 18.8 Å². The van der Waals surface area contributed by atoms with Crippen molar-refractivity contribution in [3.05, 3.63) is 23.8 Å². The summed E-state index contributed by atoms with van der Waals surface area (Å²) >= 11 is 0. The molecule has 0 aromatic rings. The first-order chi connectivity index (χ1) is 10.4. The average molecular weight is 304 g/mol. The van der Waals surface area contributed by atoms with Crippen LogP contribution in [0.1, 0.15) is 52.9 Å². The summed E-state index contributed by atoms with van der Waals surface area (Å²) in [7, 11) is 1.41. The molecule has 3 aliphatic rings. The molecule has 3 nitrogen and oxygen atoms in total. The van der Waals surface area contributed by atoms with Crippen LogP contribution in [0.25, 0.3) is 0 Å². The van der Waals surface area contributed by atoms with Crippen LogP contribution in [0.15, 0.2) is 23.8 Å². The zero-order valence-corrected chi connectivity index (χ0v) is 14.2. The smallest absolute Gasteiger partial charge is 0.330 e. The van der Waals surface area contributed by atoms with Gasteiger partial charge in [-0.3, -0.25) is 0 Å². The molecule has 3 rings (SSSR count). The predicted octanol–water partition coefficient (Wildman–Crippen LogP) is 4.04. The standard InChI is InChI=1S/C19H28O3/c1-13(6-5-7-17(20)21-4)14-8-10-18(2)12-16-19(3,22-16)11-9-15(14)18/h5-7,14-16H,8-12H2,1-4H3/b7-5+,13-6+/t14-,15-,16-,18+,19+/m1/s1. The van der Waals surface area contributed by atoms with E-state index in [1.807, 2.05) is 6.08 Å². The minimum Gasteiger partial charge on any atom is -0.466 e. The van der Waals surface area contributed by atoms with Crippen LogP contribution in [0.5, 0.6) is 0 Å². The summed E-state index contributed by atoms with van der Waals surface area (Å²) in [4.78, 5) is 11.2.